The maximum absolute atomic E-state index is 12.8. The van der Waals surface area contributed by atoms with E-state index in [-0.39, 0.29) is 23.0 Å². The minimum Gasteiger partial charge on any atom is -0.326 e. The second-order valence-corrected chi connectivity index (χ2v) is 9.91. The molecule has 4 nitrogen and oxygen atoms in total. The van der Waals surface area contributed by atoms with Gasteiger partial charge in [0.15, 0.2) is 0 Å². The van der Waals surface area contributed by atoms with Gasteiger partial charge in [-0.05, 0) is 61.1 Å². The van der Waals surface area contributed by atoms with Gasteiger partial charge in [-0.1, -0.05) is 58.2 Å². The van der Waals surface area contributed by atoms with Crippen LogP contribution in [0.5, 0.6) is 0 Å². The lowest BCUT2D eigenvalue weighted by molar-refractivity contribution is -0.120. The van der Waals surface area contributed by atoms with Gasteiger partial charge in [0, 0.05) is 22.2 Å². The van der Waals surface area contributed by atoms with Crippen LogP contribution in [0.2, 0.25) is 0 Å². The molecule has 2 aromatic rings. The first-order valence-corrected chi connectivity index (χ1v) is 12.3. The molecule has 0 heterocycles. The van der Waals surface area contributed by atoms with E-state index in [4.69, 9.17) is 0 Å². The number of rotatable bonds is 8. The molecule has 2 N–H and O–H groups in total. The number of nitrogens with one attached hydrogen (secondary N) is 2. The van der Waals surface area contributed by atoms with Crippen molar-refractivity contribution in [2.75, 3.05) is 10.6 Å². The van der Waals surface area contributed by atoms with Gasteiger partial charge < -0.3 is 10.6 Å². The second-order valence-electron chi connectivity index (χ2n) is 8.63. The maximum atomic E-state index is 12.8. The molecule has 0 saturated heterocycles. The van der Waals surface area contributed by atoms with Crippen LogP contribution >= 0.6 is 11.8 Å². The molecular formula is C26H34N2O2S. The standard InChI is InChI=1S/C26H34N2O2S/c1-4-24(26(30)27-21-15-13-19(14-16-21)18(2)3)31-23-12-8-11-22(17-23)28-25(29)20-9-6-5-7-10-20/h8,11-18,20,24H,4-7,9-10H2,1-3H3,(H,27,30)(H,28,29). The Bertz CT molecular complexity index is 873. The van der Waals surface area contributed by atoms with Gasteiger partial charge in [0.1, 0.15) is 0 Å². The van der Waals surface area contributed by atoms with Crippen LogP contribution in [0.15, 0.2) is 53.4 Å². The Morgan fingerprint density at radius 2 is 1.68 bits per heavy atom. The molecule has 2 amide bonds. The summed E-state index contributed by atoms with van der Waals surface area (Å²) in [5.41, 5.74) is 2.88. The van der Waals surface area contributed by atoms with Crippen molar-refractivity contribution in [1.29, 1.82) is 0 Å². The summed E-state index contributed by atoms with van der Waals surface area (Å²) in [6.07, 6.45) is 6.20. The van der Waals surface area contributed by atoms with E-state index in [2.05, 4.69) is 36.6 Å². The smallest absolute Gasteiger partial charge is 0.237 e. The quantitative estimate of drug-likeness (QED) is 0.444. The number of hydrogen-bond donors (Lipinski definition) is 2. The lowest BCUT2D eigenvalue weighted by atomic mass is 9.88. The Morgan fingerprint density at radius 1 is 0.968 bits per heavy atom. The summed E-state index contributed by atoms with van der Waals surface area (Å²) in [4.78, 5) is 26.4. The van der Waals surface area contributed by atoms with Crippen LogP contribution in [0.4, 0.5) is 11.4 Å². The van der Waals surface area contributed by atoms with Crippen molar-refractivity contribution in [3.8, 4) is 0 Å². The number of thioether (sulfide) groups is 1. The minimum atomic E-state index is -0.200. The highest BCUT2D eigenvalue weighted by molar-refractivity contribution is 8.00. The molecule has 0 radical (unpaired) electrons. The van der Waals surface area contributed by atoms with Crippen molar-refractivity contribution in [1.82, 2.24) is 0 Å². The summed E-state index contributed by atoms with van der Waals surface area (Å²) in [5.74, 6) is 0.716. The lowest BCUT2D eigenvalue weighted by Gasteiger charge is -2.21. The third-order valence-electron chi connectivity index (χ3n) is 5.86. The van der Waals surface area contributed by atoms with Crippen LogP contribution in [0.3, 0.4) is 0 Å². The first-order valence-electron chi connectivity index (χ1n) is 11.4. The molecule has 166 valence electrons. The molecule has 1 fully saturated rings. The van der Waals surface area contributed by atoms with Gasteiger partial charge in [-0.15, -0.1) is 11.8 Å². The van der Waals surface area contributed by atoms with E-state index in [1.54, 1.807) is 0 Å². The van der Waals surface area contributed by atoms with E-state index >= 15 is 0 Å². The second kappa shape index (κ2) is 11.4. The van der Waals surface area contributed by atoms with E-state index in [0.29, 0.717) is 5.92 Å². The summed E-state index contributed by atoms with van der Waals surface area (Å²) >= 11 is 1.54. The highest BCUT2D eigenvalue weighted by Gasteiger charge is 2.22. The van der Waals surface area contributed by atoms with E-state index in [1.165, 1.54) is 23.7 Å². The lowest BCUT2D eigenvalue weighted by Crippen LogP contribution is -2.25. The molecule has 0 spiro atoms. The van der Waals surface area contributed by atoms with Crippen molar-refractivity contribution >= 4 is 35.0 Å². The summed E-state index contributed by atoms with van der Waals surface area (Å²) in [6.45, 7) is 6.33. The van der Waals surface area contributed by atoms with Gasteiger partial charge >= 0.3 is 0 Å². The third kappa shape index (κ3) is 6.86. The fraction of sp³-hybridized carbons (Fsp3) is 0.462. The summed E-state index contributed by atoms with van der Waals surface area (Å²) in [7, 11) is 0. The number of carbonyl (C=O) groups is 2. The van der Waals surface area contributed by atoms with Crippen molar-refractivity contribution in [2.24, 2.45) is 5.92 Å². The van der Waals surface area contributed by atoms with Crippen LogP contribution in [0.1, 0.15) is 70.8 Å². The fourth-order valence-corrected chi connectivity index (χ4v) is 4.93. The number of amides is 2. The van der Waals surface area contributed by atoms with Gasteiger partial charge in [0.25, 0.3) is 0 Å². The number of hydrogen-bond acceptors (Lipinski definition) is 3. The van der Waals surface area contributed by atoms with Gasteiger partial charge in [-0.3, -0.25) is 9.59 Å². The van der Waals surface area contributed by atoms with Crippen LogP contribution in [-0.2, 0) is 9.59 Å². The summed E-state index contributed by atoms with van der Waals surface area (Å²) in [6, 6.07) is 15.9. The van der Waals surface area contributed by atoms with E-state index in [9.17, 15) is 9.59 Å². The Hall–Kier alpha value is -2.27. The Labute approximate surface area is 190 Å². The van der Waals surface area contributed by atoms with E-state index in [0.717, 1.165) is 48.4 Å². The van der Waals surface area contributed by atoms with E-state index < -0.39 is 0 Å². The topological polar surface area (TPSA) is 58.2 Å². The Balaban J connectivity index is 1.59. The van der Waals surface area contributed by atoms with Crippen molar-refractivity contribution in [2.45, 2.75) is 75.4 Å². The molecular weight excluding hydrogens is 404 g/mol. The highest BCUT2D eigenvalue weighted by atomic mass is 32.2. The number of carbonyl (C=O) groups excluding carboxylic acids is 2. The molecule has 5 heteroatoms. The number of anilines is 2. The average molecular weight is 439 g/mol. The molecule has 3 rings (SSSR count). The fourth-order valence-electron chi connectivity index (χ4n) is 3.92. The molecule has 1 atom stereocenters. The van der Waals surface area contributed by atoms with Crippen molar-refractivity contribution in [3.63, 3.8) is 0 Å². The molecule has 1 aliphatic carbocycles. The van der Waals surface area contributed by atoms with E-state index in [1.807, 2.05) is 43.3 Å². The first kappa shape index (κ1) is 23.4. The zero-order chi connectivity index (χ0) is 22.2. The van der Waals surface area contributed by atoms with Crippen LogP contribution in [0.25, 0.3) is 0 Å². The van der Waals surface area contributed by atoms with Crippen LogP contribution in [0, 0.1) is 5.92 Å². The summed E-state index contributed by atoms with van der Waals surface area (Å²) < 4.78 is 0. The largest absolute Gasteiger partial charge is 0.326 e. The molecule has 31 heavy (non-hydrogen) atoms. The first-order chi connectivity index (χ1) is 15.0. The third-order valence-corrected chi connectivity index (χ3v) is 7.22. The SMILES string of the molecule is CCC(Sc1cccc(NC(=O)C2CCCCC2)c1)C(=O)Nc1ccc(C(C)C)cc1. The van der Waals surface area contributed by atoms with Gasteiger partial charge in [0.05, 0.1) is 5.25 Å². The molecule has 1 aliphatic rings. The Kier molecular flexibility index (Phi) is 8.59. The van der Waals surface area contributed by atoms with Crippen molar-refractivity contribution < 1.29 is 9.59 Å². The van der Waals surface area contributed by atoms with Crippen molar-refractivity contribution in [3.05, 3.63) is 54.1 Å². The predicted molar refractivity (Wildman–Crippen MR) is 131 cm³/mol. The predicted octanol–water partition coefficient (Wildman–Crippen LogP) is 6.84. The normalized spacial score (nSPS) is 15.5. The molecule has 2 aromatic carbocycles. The summed E-state index contributed by atoms with van der Waals surface area (Å²) in [5, 5.41) is 5.91. The zero-order valence-corrected chi connectivity index (χ0v) is 19.6. The Morgan fingerprint density at radius 3 is 2.32 bits per heavy atom. The number of benzene rings is 2. The van der Waals surface area contributed by atoms with Gasteiger partial charge in [-0.25, -0.2) is 0 Å². The van der Waals surface area contributed by atoms with Gasteiger partial charge in [-0.2, -0.15) is 0 Å². The molecule has 1 unspecified atom stereocenters. The molecule has 0 bridgehead atoms. The molecule has 1 saturated carbocycles. The monoisotopic (exact) mass is 438 g/mol. The highest BCUT2D eigenvalue weighted by Crippen LogP contribution is 2.30. The molecule has 0 aromatic heterocycles. The zero-order valence-electron chi connectivity index (χ0n) is 18.8. The minimum absolute atomic E-state index is 0.00133. The maximum Gasteiger partial charge on any atom is 0.237 e. The molecule has 0 aliphatic heterocycles. The average Bonchev–Trinajstić information content (AvgIpc) is 2.78. The van der Waals surface area contributed by atoms with Crippen LogP contribution in [-0.4, -0.2) is 17.1 Å². The van der Waals surface area contributed by atoms with Gasteiger partial charge in [0.2, 0.25) is 11.8 Å². The van der Waals surface area contributed by atoms with Crippen LogP contribution < -0.4 is 10.6 Å².